The Bertz CT molecular complexity index is 466. The molecule has 0 aliphatic carbocycles. The molecule has 0 fully saturated rings. The summed E-state index contributed by atoms with van der Waals surface area (Å²) in [6.07, 6.45) is 3.37. The van der Waals surface area contributed by atoms with Crippen LogP contribution in [0.25, 0.3) is 6.08 Å². The number of methoxy groups -OCH3 is 1. The molecule has 98 valence electrons. The van der Waals surface area contributed by atoms with Crippen LogP contribution in [-0.2, 0) is 6.42 Å². The van der Waals surface area contributed by atoms with Gasteiger partial charge in [0.05, 0.1) is 7.11 Å². The van der Waals surface area contributed by atoms with Gasteiger partial charge in [-0.2, -0.15) is 0 Å². The van der Waals surface area contributed by atoms with Crippen molar-refractivity contribution in [2.75, 3.05) is 20.7 Å². The van der Waals surface area contributed by atoms with Crippen LogP contribution < -0.4 is 14.8 Å². The molecule has 1 aromatic rings. The molecule has 0 spiro atoms. The molecule has 0 amide bonds. The zero-order chi connectivity index (χ0) is 13.1. The Morgan fingerprint density at radius 1 is 1.56 bits per heavy atom. The van der Waals surface area contributed by atoms with Crippen molar-refractivity contribution in [3.05, 3.63) is 28.8 Å². The van der Waals surface area contributed by atoms with Gasteiger partial charge >= 0.3 is 0 Å². The van der Waals surface area contributed by atoms with Crippen molar-refractivity contribution in [3.63, 3.8) is 0 Å². The average molecular weight is 247 g/mol. The highest BCUT2D eigenvalue weighted by Crippen LogP contribution is 2.35. The van der Waals surface area contributed by atoms with Gasteiger partial charge < -0.3 is 14.8 Å². The van der Waals surface area contributed by atoms with Crippen molar-refractivity contribution >= 4 is 6.08 Å². The van der Waals surface area contributed by atoms with E-state index in [1.54, 1.807) is 7.11 Å². The van der Waals surface area contributed by atoms with Gasteiger partial charge in [-0.05, 0) is 33.0 Å². The summed E-state index contributed by atoms with van der Waals surface area (Å²) in [6.45, 7) is 5.07. The van der Waals surface area contributed by atoms with E-state index in [9.17, 15) is 0 Å². The number of rotatable bonds is 4. The van der Waals surface area contributed by atoms with Crippen LogP contribution in [0.5, 0.6) is 11.5 Å². The number of likely N-dealkylation sites (N-methyl/N-ethyl adjacent to an activating group) is 1. The van der Waals surface area contributed by atoms with Crippen molar-refractivity contribution in [2.24, 2.45) is 0 Å². The van der Waals surface area contributed by atoms with E-state index in [-0.39, 0.29) is 6.10 Å². The molecule has 3 heteroatoms. The summed E-state index contributed by atoms with van der Waals surface area (Å²) in [4.78, 5) is 0. The van der Waals surface area contributed by atoms with Crippen LogP contribution in [-0.4, -0.2) is 26.8 Å². The SMILES string of the molecule is CNC/C(C)=C/c1cc2c(cc1OC)CC(C)O2. The smallest absolute Gasteiger partial charge is 0.126 e. The van der Waals surface area contributed by atoms with Crippen LogP contribution in [0.4, 0.5) is 0 Å². The van der Waals surface area contributed by atoms with Gasteiger partial charge in [0.2, 0.25) is 0 Å². The molecule has 18 heavy (non-hydrogen) atoms. The minimum absolute atomic E-state index is 0.266. The van der Waals surface area contributed by atoms with Crippen molar-refractivity contribution in [1.82, 2.24) is 5.32 Å². The Balaban J connectivity index is 2.36. The van der Waals surface area contributed by atoms with E-state index in [2.05, 4.69) is 37.4 Å². The minimum atomic E-state index is 0.266. The predicted octanol–water partition coefficient (Wildman–Crippen LogP) is 2.64. The van der Waals surface area contributed by atoms with Gasteiger partial charge in [0, 0.05) is 24.1 Å². The molecule has 1 N–H and O–H groups in total. The van der Waals surface area contributed by atoms with Gasteiger partial charge in [0.15, 0.2) is 0 Å². The molecule has 1 unspecified atom stereocenters. The summed E-state index contributed by atoms with van der Waals surface area (Å²) in [6, 6.07) is 4.17. The summed E-state index contributed by atoms with van der Waals surface area (Å²) in [7, 11) is 3.66. The highest BCUT2D eigenvalue weighted by atomic mass is 16.5. The van der Waals surface area contributed by atoms with E-state index >= 15 is 0 Å². The Labute approximate surface area is 109 Å². The fourth-order valence-electron chi connectivity index (χ4n) is 2.34. The topological polar surface area (TPSA) is 30.5 Å². The van der Waals surface area contributed by atoms with Crippen molar-refractivity contribution in [1.29, 1.82) is 0 Å². The van der Waals surface area contributed by atoms with E-state index in [1.165, 1.54) is 11.1 Å². The highest BCUT2D eigenvalue weighted by molar-refractivity contribution is 5.64. The average Bonchev–Trinajstić information content (AvgIpc) is 2.67. The first kappa shape index (κ1) is 13.0. The molecule has 0 aromatic heterocycles. The molecule has 0 saturated carbocycles. The molecule has 1 aromatic carbocycles. The van der Waals surface area contributed by atoms with Crippen molar-refractivity contribution in [2.45, 2.75) is 26.4 Å². The molecule has 2 rings (SSSR count). The third-order valence-corrected chi connectivity index (χ3v) is 3.11. The van der Waals surface area contributed by atoms with E-state index in [0.29, 0.717) is 0 Å². The van der Waals surface area contributed by atoms with Crippen LogP contribution in [0.15, 0.2) is 17.7 Å². The molecule has 1 aliphatic heterocycles. The van der Waals surface area contributed by atoms with Crippen LogP contribution >= 0.6 is 0 Å². The largest absolute Gasteiger partial charge is 0.496 e. The molecule has 0 radical (unpaired) electrons. The van der Waals surface area contributed by atoms with Crippen LogP contribution in [0.2, 0.25) is 0 Å². The van der Waals surface area contributed by atoms with E-state index < -0.39 is 0 Å². The van der Waals surface area contributed by atoms with Crippen LogP contribution in [0.3, 0.4) is 0 Å². The molecular weight excluding hydrogens is 226 g/mol. The molecule has 0 bridgehead atoms. The molecular formula is C15H21NO2. The van der Waals surface area contributed by atoms with Crippen molar-refractivity contribution in [3.8, 4) is 11.5 Å². The van der Waals surface area contributed by atoms with Crippen LogP contribution in [0, 0.1) is 0 Å². The van der Waals surface area contributed by atoms with Gasteiger partial charge in [-0.1, -0.05) is 11.6 Å². The maximum atomic E-state index is 5.79. The summed E-state index contributed by atoms with van der Waals surface area (Å²) >= 11 is 0. The zero-order valence-electron chi connectivity index (χ0n) is 11.5. The Kier molecular flexibility index (Phi) is 3.92. The standard InChI is InChI=1S/C15H21NO2/c1-10(9-16-3)5-12-8-15-13(6-11(2)18-15)7-14(12)17-4/h5,7-8,11,16H,6,9H2,1-4H3/b10-5+. The second-order valence-corrected chi connectivity index (χ2v) is 4.86. The maximum Gasteiger partial charge on any atom is 0.126 e. The monoisotopic (exact) mass is 247 g/mol. The number of hydrogen-bond donors (Lipinski definition) is 1. The summed E-state index contributed by atoms with van der Waals surface area (Å²) in [5, 5.41) is 3.14. The molecule has 1 aliphatic rings. The first-order valence-corrected chi connectivity index (χ1v) is 6.33. The third kappa shape index (κ3) is 2.67. The number of benzene rings is 1. The minimum Gasteiger partial charge on any atom is -0.496 e. The lowest BCUT2D eigenvalue weighted by molar-refractivity contribution is 0.254. The Morgan fingerprint density at radius 3 is 3.00 bits per heavy atom. The van der Waals surface area contributed by atoms with E-state index in [0.717, 1.165) is 30.0 Å². The number of ether oxygens (including phenoxy) is 2. The summed E-state index contributed by atoms with van der Waals surface area (Å²) in [5.41, 5.74) is 3.59. The summed E-state index contributed by atoms with van der Waals surface area (Å²) in [5.74, 6) is 1.91. The Morgan fingerprint density at radius 2 is 2.33 bits per heavy atom. The van der Waals surface area contributed by atoms with Gasteiger partial charge in [0.1, 0.15) is 17.6 Å². The molecule has 3 nitrogen and oxygen atoms in total. The van der Waals surface area contributed by atoms with Crippen LogP contribution in [0.1, 0.15) is 25.0 Å². The fraction of sp³-hybridized carbons (Fsp3) is 0.467. The van der Waals surface area contributed by atoms with E-state index in [4.69, 9.17) is 9.47 Å². The lowest BCUT2D eigenvalue weighted by Crippen LogP contribution is -2.08. The number of hydrogen-bond acceptors (Lipinski definition) is 3. The Hall–Kier alpha value is -1.48. The van der Waals surface area contributed by atoms with Gasteiger partial charge in [-0.3, -0.25) is 0 Å². The maximum absolute atomic E-state index is 5.79. The second kappa shape index (κ2) is 5.44. The summed E-state index contributed by atoms with van der Waals surface area (Å²) < 4.78 is 11.3. The number of nitrogens with one attached hydrogen (secondary N) is 1. The predicted molar refractivity (Wildman–Crippen MR) is 74.4 cm³/mol. The lowest BCUT2D eigenvalue weighted by Gasteiger charge is -2.09. The highest BCUT2D eigenvalue weighted by Gasteiger charge is 2.21. The molecule has 1 atom stereocenters. The zero-order valence-corrected chi connectivity index (χ0v) is 11.5. The second-order valence-electron chi connectivity index (χ2n) is 4.86. The number of fused-ring (bicyclic) bond motifs is 1. The first-order chi connectivity index (χ1) is 8.63. The van der Waals surface area contributed by atoms with Gasteiger partial charge in [-0.15, -0.1) is 0 Å². The molecule has 1 heterocycles. The lowest BCUT2D eigenvalue weighted by atomic mass is 10.0. The molecule has 0 saturated heterocycles. The first-order valence-electron chi connectivity index (χ1n) is 6.33. The quantitative estimate of drug-likeness (QED) is 0.887. The third-order valence-electron chi connectivity index (χ3n) is 3.11. The van der Waals surface area contributed by atoms with Gasteiger partial charge in [0.25, 0.3) is 0 Å². The van der Waals surface area contributed by atoms with Crippen molar-refractivity contribution < 1.29 is 9.47 Å². The van der Waals surface area contributed by atoms with E-state index in [1.807, 2.05) is 7.05 Å². The normalized spacial score (nSPS) is 18.4. The van der Waals surface area contributed by atoms with Gasteiger partial charge in [-0.25, -0.2) is 0 Å². The fourth-order valence-corrected chi connectivity index (χ4v) is 2.34.